The van der Waals surface area contributed by atoms with Crippen molar-refractivity contribution in [1.82, 2.24) is 0 Å². The molecule has 0 unspecified atom stereocenters. The van der Waals surface area contributed by atoms with E-state index in [4.69, 9.17) is 31.2 Å². The summed E-state index contributed by atoms with van der Waals surface area (Å²) in [5, 5.41) is 0. The lowest BCUT2D eigenvalue weighted by Gasteiger charge is -2.28. The van der Waals surface area contributed by atoms with Gasteiger partial charge in [0.25, 0.3) is 0 Å². The fourth-order valence-electron chi connectivity index (χ4n) is 1.46. The Kier molecular flexibility index (Phi) is 10.5. The minimum atomic E-state index is -2.46. The average molecular weight is 298 g/mol. The first kappa shape index (κ1) is 17.3. The van der Waals surface area contributed by atoms with Crippen LogP contribution in [0, 0.1) is 0 Å². The van der Waals surface area contributed by atoms with Gasteiger partial charge in [0.15, 0.2) is 0 Å². The van der Waals surface area contributed by atoms with Crippen LogP contribution in [0.1, 0.15) is 27.2 Å². The molecule has 0 saturated heterocycles. The van der Waals surface area contributed by atoms with E-state index < -0.39 is 8.80 Å². The smallest absolute Gasteiger partial charge is 0.385 e. The van der Waals surface area contributed by atoms with Crippen molar-refractivity contribution in [3.05, 3.63) is 0 Å². The molecule has 0 aliphatic carbocycles. The maximum atomic E-state index is 5.74. The van der Waals surface area contributed by atoms with Crippen LogP contribution in [0.2, 0.25) is 6.04 Å². The van der Waals surface area contributed by atoms with Gasteiger partial charge >= 0.3 is 8.80 Å². The van der Waals surface area contributed by atoms with Crippen LogP contribution in [0.15, 0.2) is 0 Å². The van der Waals surface area contributed by atoms with Crippen molar-refractivity contribution in [2.45, 2.75) is 33.2 Å². The van der Waals surface area contributed by atoms with Crippen LogP contribution in [-0.2, 0) is 13.3 Å². The number of thioether (sulfide) groups is 1. The van der Waals surface area contributed by atoms with Gasteiger partial charge in [-0.3, -0.25) is 0 Å². The van der Waals surface area contributed by atoms with E-state index in [1.807, 2.05) is 20.8 Å². The lowest BCUT2D eigenvalue weighted by Crippen LogP contribution is -2.46. The van der Waals surface area contributed by atoms with E-state index in [0.717, 1.165) is 18.2 Å². The van der Waals surface area contributed by atoms with Crippen molar-refractivity contribution in [2.24, 2.45) is 5.73 Å². The largest absolute Gasteiger partial charge is 0.500 e. The molecule has 17 heavy (non-hydrogen) atoms. The molecule has 0 amide bonds. The topological polar surface area (TPSA) is 53.7 Å². The molecule has 4 nitrogen and oxygen atoms in total. The molecule has 0 aromatic rings. The predicted octanol–water partition coefficient (Wildman–Crippen LogP) is 2.40. The summed E-state index contributed by atoms with van der Waals surface area (Å²) in [6, 6.07) is 0.818. The quantitative estimate of drug-likeness (QED) is 0.380. The Hall–Kier alpha value is 0.337. The normalized spacial score (nSPS) is 11.7. The number of nitrogens with two attached hydrogens (primary N) is 1. The van der Waals surface area contributed by atoms with Gasteiger partial charge in [0.05, 0.1) is 0 Å². The molecule has 102 valence electrons. The summed E-state index contributed by atoms with van der Waals surface area (Å²) in [5.74, 6) is 0.886. The fraction of sp³-hybridized carbons (Fsp3) is 0.900. The molecule has 7 heteroatoms. The third-order valence-electron chi connectivity index (χ3n) is 1.96. The molecule has 0 heterocycles. The van der Waals surface area contributed by atoms with Gasteiger partial charge in [-0.2, -0.15) is 0 Å². The summed E-state index contributed by atoms with van der Waals surface area (Å²) >= 11 is 6.31. The monoisotopic (exact) mass is 297 g/mol. The molecule has 0 aromatic carbocycles. The van der Waals surface area contributed by atoms with E-state index in [2.05, 4.69) is 0 Å². The molecular formula is C10H23NO3S2Si. The van der Waals surface area contributed by atoms with Crippen LogP contribution in [0.25, 0.3) is 0 Å². The molecule has 0 atom stereocenters. The van der Waals surface area contributed by atoms with Crippen molar-refractivity contribution >= 4 is 37.1 Å². The van der Waals surface area contributed by atoms with Gasteiger partial charge in [-0.25, -0.2) is 0 Å². The first-order valence-corrected chi connectivity index (χ1v) is 9.26. The second-order valence-corrected chi connectivity index (χ2v) is 7.82. The van der Waals surface area contributed by atoms with Crippen molar-refractivity contribution < 1.29 is 13.3 Å². The fourth-order valence-corrected chi connectivity index (χ4v) is 5.07. The molecule has 0 spiro atoms. The van der Waals surface area contributed by atoms with Gasteiger partial charge in [-0.05, 0) is 27.2 Å². The zero-order chi connectivity index (χ0) is 13.1. The molecule has 0 radical (unpaired) electrons. The Morgan fingerprint density at radius 2 is 1.59 bits per heavy atom. The lowest BCUT2D eigenvalue weighted by atomic mass is 10.6. The molecular weight excluding hydrogens is 274 g/mol. The lowest BCUT2D eigenvalue weighted by molar-refractivity contribution is 0.0712. The molecule has 0 fully saturated rings. The summed E-state index contributed by atoms with van der Waals surface area (Å²) in [6.45, 7) is 7.74. The van der Waals surface area contributed by atoms with Gasteiger partial charge in [-0.15, -0.1) is 0 Å². The summed E-state index contributed by atoms with van der Waals surface area (Å²) in [6.07, 6.45) is 0.939. The number of hydrogen-bond donors (Lipinski definition) is 1. The first-order valence-electron chi connectivity index (χ1n) is 5.94. The van der Waals surface area contributed by atoms with Gasteiger partial charge in [0.2, 0.25) is 0 Å². The maximum Gasteiger partial charge on any atom is 0.500 e. The molecule has 0 saturated carbocycles. The second kappa shape index (κ2) is 10.3. The summed E-state index contributed by atoms with van der Waals surface area (Å²) < 4.78 is 17.7. The molecule has 0 aromatic heterocycles. The van der Waals surface area contributed by atoms with E-state index in [-0.39, 0.29) is 0 Å². The van der Waals surface area contributed by atoms with Crippen LogP contribution in [0.4, 0.5) is 0 Å². The Labute approximate surface area is 115 Å². The SMILES string of the molecule is CCO[Si](CCCSC(N)=S)(OCC)OCC. The standard InChI is InChI=1S/C10H23NO3S2Si/c1-4-12-17(13-5-2,14-6-3)9-7-8-16-10(11)15/h4-9H2,1-3H3,(H2,11,15). The van der Waals surface area contributed by atoms with E-state index in [1.165, 1.54) is 11.8 Å². The molecule has 2 N–H and O–H groups in total. The molecule has 0 bridgehead atoms. The zero-order valence-electron chi connectivity index (χ0n) is 10.9. The average Bonchev–Trinajstić information content (AvgIpc) is 2.25. The van der Waals surface area contributed by atoms with Gasteiger partial charge in [0, 0.05) is 31.6 Å². The van der Waals surface area contributed by atoms with E-state index >= 15 is 0 Å². The summed E-state index contributed by atoms with van der Waals surface area (Å²) in [5.41, 5.74) is 5.43. The van der Waals surface area contributed by atoms with E-state index in [9.17, 15) is 0 Å². The second-order valence-electron chi connectivity index (χ2n) is 3.25. The molecule has 0 rings (SSSR count). The minimum absolute atomic E-state index is 0.487. The van der Waals surface area contributed by atoms with Crippen molar-refractivity contribution in [3.8, 4) is 0 Å². The van der Waals surface area contributed by atoms with Crippen LogP contribution in [0.3, 0.4) is 0 Å². The Morgan fingerprint density at radius 3 is 1.94 bits per heavy atom. The number of thiocarbonyl (C=S) groups is 1. The number of hydrogen-bond acceptors (Lipinski definition) is 5. The van der Waals surface area contributed by atoms with E-state index in [1.54, 1.807) is 0 Å². The highest BCUT2D eigenvalue weighted by atomic mass is 32.2. The maximum absolute atomic E-state index is 5.74. The van der Waals surface area contributed by atoms with Crippen LogP contribution in [-0.4, -0.2) is 38.7 Å². The van der Waals surface area contributed by atoms with Gasteiger partial charge in [0.1, 0.15) is 4.32 Å². The van der Waals surface area contributed by atoms with Crippen molar-refractivity contribution in [2.75, 3.05) is 25.6 Å². The Bertz CT molecular complexity index is 203. The van der Waals surface area contributed by atoms with Gasteiger partial charge in [-0.1, -0.05) is 24.0 Å². The van der Waals surface area contributed by atoms with Crippen LogP contribution >= 0.6 is 24.0 Å². The third-order valence-corrected chi connectivity index (χ3v) is 6.25. The van der Waals surface area contributed by atoms with Crippen LogP contribution < -0.4 is 5.73 Å². The Balaban J connectivity index is 4.18. The number of rotatable bonds is 10. The van der Waals surface area contributed by atoms with Crippen molar-refractivity contribution in [1.29, 1.82) is 0 Å². The third kappa shape index (κ3) is 8.12. The minimum Gasteiger partial charge on any atom is -0.385 e. The molecule has 0 aliphatic rings. The summed E-state index contributed by atoms with van der Waals surface area (Å²) in [7, 11) is -2.46. The highest BCUT2D eigenvalue weighted by Crippen LogP contribution is 2.19. The van der Waals surface area contributed by atoms with Crippen LogP contribution in [0.5, 0.6) is 0 Å². The first-order chi connectivity index (χ1) is 8.10. The highest BCUT2D eigenvalue weighted by Gasteiger charge is 2.39. The van der Waals surface area contributed by atoms with Crippen molar-refractivity contribution in [3.63, 3.8) is 0 Å². The highest BCUT2D eigenvalue weighted by molar-refractivity contribution is 8.22. The predicted molar refractivity (Wildman–Crippen MR) is 79.3 cm³/mol. The Morgan fingerprint density at radius 1 is 1.12 bits per heavy atom. The van der Waals surface area contributed by atoms with E-state index in [0.29, 0.717) is 24.1 Å². The summed E-state index contributed by atoms with van der Waals surface area (Å²) in [4.78, 5) is 0. The molecule has 0 aliphatic heterocycles. The zero-order valence-corrected chi connectivity index (χ0v) is 13.5. The van der Waals surface area contributed by atoms with Gasteiger partial charge < -0.3 is 19.0 Å².